The highest BCUT2D eigenvalue weighted by Gasteiger charge is 2.13. The molecule has 0 fully saturated rings. The third-order valence-corrected chi connectivity index (χ3v) is 3.30. The molecule has 2 nitrogen and oxygen atoms in total. The van der Waals surface area contributed by atoms with Gasteiger partial charge in [-0.3, -0.25) is 0 Å². The minimum Gasteiger partial charge on any atom is -0.465 e. The van der Waals surface area contributed by atoms with E-state index in [4.69, 9.17) is 4.74 Å². The van der Waals surface area contributed by atoms with Gasteiger partial charge in [-0.05, 0) is 41.8 Å². The zero-order valence-electron chi connectivity index (χ0n) is 10.2. The highest BCUT2D eigenvalue weighted by Crippen LogP contribution is 2.29. The second kappa shape index (κ2) is 5.36. The summed E-state index contributed by atoms with van der Waals surface area (Å²) in [5, 5.41) is 0. The molecule has 0 amide bonds. The lowest BCUT2D eigenvalue weighted by molar-refractivity contribution is 0.0601. The van der Waals surface area contributed by atoms with Crippen LogP contribution in [0.25, 0.3) is 11.1 Å². The summed E-state index contributed by atoms with van der Waals surface area (Å²) < 4.78 is 5.84. The van der Waals surface area contributed by atoms with Gasteiger partial charge in [-0.2, -0.15) is 0 Å². The van der Waals surface area contributed by atoms with Crippen LogP contribution in [0.3, 0.4) is 0 Å². The van der Waals surface area contributed by atoms with E-state index in [1.165, 1.54) is 7.11 Å². The Kier molecular flexibility index (Phi) is 3.82. The molecule has 92 valence electrons. The van der Waals surface area contributed by atoms with Gasteiger partial charge in [0.2, 0.25) is 0 Å². The molecular formula is C15H13BrO2. The number of halogens is 1. The molecule has 2 aromatic carbocycles. The number of ether oxygens (including phenoxy) is 1. The molecule has 0 unspecified atom stereocenters. The van der Waals surface area contributed by atoms with Gasteiger partial charge in [0.25, 0.3) is 0 Å². The fraction of sp³-hybridized carbons (Fsp3) is 0.133. The molecule has 18 heavy (non-hydrogen) atoms. The molecule has 2 aromatic rings. The van der Waals surface area contributed by atoms with Crippen LogP contribution in [0.4, 0.5) is 0 Å². The van der Waals surface area contributed by atoms with E-state index in [2.05, 4.69) is 15.9 Å². The van der Waals surface area contributed by atoms with E-state index < -0.39 is 0 Å². The Morgan fingerprint density at radius 1 is 1.11 bits per heavy atom. The van der Waals surface area contributed by atoms with Gasteiger partial charge in [-0.15, -0.1) is 0 Å². The van der Waals surface area contributed by atoms with Crippen molar-refractivity contribution in [1.82, 2.24) is 0 Å². The predicted molar refractivity (Wildman–Crippen MR) is 75.7 cm³/mol. The first kappa shape index (κ1) is 12.8. The van der Waals surface area contributed by atoms with Crippen molar-refractivity contribution in [3.63, 3.8) is 0 Å². The number of hydrogen-bond acceptors (Lipinski definition) is 2. The standard InChI is InChI=1S/C15H13BrO2/c1-10-9-11(16)7-8-12(10)13-5-3-4-6-14(13)15(17)18-2/h3-9H,1-2H3. The van der Waals surface area contributed by atoms with Gasteiger partial charge in [-0.25, -0.2) is 4.79 Å². The van der Waals surface area contributed by atoms with E-state index in [0.717, 1.165) is 21.2 Å². The van der Waals surface area contributed by atoms with E-state index in [1.54, 1.807) is 6.07 Å². The first-order chi connectivity index (χ1) is 8.63. The monoisotopic (exact) mass is 304 g/mol. The van der Waals surface area contributed by atoms with Crippen molar-refractivity contribution in [3.8, 4) is 11.1 Å². The van der Waals surface area contributed by atoms with E-state index >= 15 is 0 Å². The van der Waals surface area contributed by atoms with Crippen molar-refractivity contribution in [2.45, 2.75) is 6.92 Å². The summed E-state index contributed by atoms with van der Waals surface area (Å²) in [4.78, 5) is 11.8. The largest absolute Gasteiger partial charge is 0.465 e. The third kappa shape index (κ3) is 2.46. The summed E-state index contributed by atoms with van der Waals surface area (Å²) in [6.45, 7) is 2.02. The van der Waals surface area contributed by atoms with Crippen LogP contribution in [-0.2, 0) is 4.74 Å². The average Bonchev–Trinajstić information content (AvgIpc) is 2.38. The van der Waals surface area contributed by atoms with Gasteiger partial charge in [0, 0.05) is 4.47 Å². The van der Waals surface area contributed by atoms with Gasteiger partial charge in [-0.1, -0.05) is 40.2 Å². The second-order valence-electron chi connectivity index (χ2n) is 4.00. The topological polar surface area (TPSA) is 26.3 Å². The maximum Gasteiger partial charge on any atom is 0.338 e. The Morgan fingerprint density at radius 3 is 2.50 bits per heavy atom. The Morgan fingerprint density at radius 2 is 1.83 bits per heavy atom. The van der Waals surface area contributed by atoms with Crippen LogP contribution in [0.2, 0.25) is 0 Å². The van der Waals surface area contributed by atoms with Crippen LogP contribution < -0.4 is 0 Å². The van der Waals surface area contributed by atoms with Crippen LogP contribution in [0.15, 0.2) is 46.9 Å². The van der Waals surface area contributed by atoms with Crippen LogP contribution in [0.1, 0.15) is 15.9 Å². The zero-order valence-corrected chi connectivity index (χ0v) is 11.8. The van der Waals surface area contributed by atoms with Gasteiger partial charge in [0.1, 0.15) is 0 Å². The number of carbonyl (C=O) groups is 1. The molecular weight excluding hydrogens is 292 g/mol. The molecule has 0 saturated heterocycles. The van der Waals surface area contributed by atoms with Gasteiger partial charge < -0.3 is 4.74 Å². The molecule has 0 atom stereocenters. The summed E-state index contributed by atoms with van der Waals surface area (Å²) in [7, 11) is 1.40. The molecule has 0 bridgehead atoms. The van der Waals surface area contributed by atoms with Crippen LogP contribution in [0, 0.1) is 6.92 Å². The number of hydrogen-bond donors (Lipinski definition) is 0. The molecule has 0 heterocycles. The average molecular weight is 305 g/mol. The number of aryl methyl sites for hydroxylation is 1. The number of carbonyl (C=O) groups excluding carboxylic acids is 1. The summed E-state index contributed by atoms with van der Waals surface area (Å²) in [5.74, 6) is -0.312. The number of methoxy groups -OCH3 is 1. The molecule has 3 heteroatoms. The lowest BCUT2D eigenvalue weighted by atomic mass is 9.96. The first-order valence-electron chi connectivity index (χ1n) is 5.57. The van der Waals surface area contributed by atoms with Gasteiger partial charge in [0.15, 0.2) is 0 Å². The van der Waals surface area contributed by atoms with E-state index in [1.807, 2.05) is 43.3 Å². The summed E-state index contributed by atoms with van der Waals surface area (Å²) in [6, 6.07) is 13.5. The Hall–Kier alpha value is -1.61. The Bertz CT molecular complexity index is 591. The molecule has 0 aliphatic rings. The molecule has 0 N–H and O–H groups in total. The molecule has 2 rings (SSSR count). The van der Waals surface area contributed by atoms with Crippen LogP contribution in [0.5, 0.6) is 0 Å². The number of benzene rings is 2. The molecule has 0 saturated carbocycles. The van der Waals surface area contributed by atoms with Crippen molar-refractivity contribution in [2.24, 2.45) is 0 Å². The van der Waals surface area contributed by atoms with Crippen molar-refractivity contribution in [2.75, 3.05) is 7.11 Å². The minimum absolute atomic E-state index is 0.312. The molecule has 0 spiro atoms. The van der Waals surface area contributed by atoms with E-state index in [9.17, 15) is 4.79 Å². The van der Waals surface area contributed by atoms with Gasteiger partial charge >= 0.3 is 5.97 Å². The lowest BCUT2D eigenvalue weighted by Crippen LogP contribution is -2.03. The van der Waals surface area contributed by atoms with Crippen molar-refractivity contribution in [3.05, 3.63) is 58.1 Å². The van der Waals surface area contributed by atoms with Crippen molar-refractivity contribution in [1.29, 1.82) is 0 Å². The number of rotatable bonds is 2. The second-order valence-corrected chi connectivity index (χ2v) is 4.91. The van der Waals surface area contributed by atoms with E-state index in [0.29, 0.717) is 5.56 Å². The quantitative estimate of drug-likeness (QED) is 0.777. The smallest absolute Gasteiger partial charge is 0.338 e. The normalized spacial score (nSPS) is 10.2. The zero-order chi connectivity index (χ0) is 13.1. The highest BCUT2D eigenvalue weighted by atomic mass is 79.9. The fourth-order valence-electron chi connectivity index (χ4n) is 1.94. The van der Waals surface area contributed by atoms with Crippen molar-refractivity contribution < 1.29 is 9.53 Å². The molecule has 0 radical (unpaired) electrons. The summed E-state index contributed by atoms with van der Waals surface area (Å²) in [5.41, 5.74) is 3.64. The fourth-order valence-corrected chi connectivity index (χ4v) is 2.41. The maximum absolute atomic E-state index is 11.8. The Labute approximate surface area is 115 Å². The minimum atomic E-state index is -0.312. The summed E-state index contributed by atoms with van der Waals surface area (Å²) >= 11 is 3.44. The third-order valence-electron chi connectivity index (χ3n) is 2.81. The molecule has 0 aliphatic heterocycles. The summed E-state index contributed by atoms with van der Waals surface area (Å²) in [6.07, 6.45) is 0. The molecule has 0 aliphatic carbocycles. The SMILES string of the molecule is COC(=O)c1ccccc1-c1ccc(Br)cc1C. The van der Waals surface area contributed by atoms with Crippen LogP contribution in [-0.4, -0.2) is 13.1 Å². The highest BCUT2D eigenvalue weighted by molar-refractivity contribution is 9.10. The van der Waals surface area contributed by atoms with Gasteiger partial charge in [0.05, 0.1) is 12.7 Å². The molecule has 0 aromatic heterocycles. The number of esters is 1. The van der Waals surface area contributed by atoms with Crippen LogP contribution >= 0.6 is 15.9 Å². The maximum atomic E-state index is 11.8. The predicted octanol–water partition coefficient (Wildman–Crippen LogP) is 4.21. The Balaban J connectivity index is 2.60. The van der Waals surface area contributed by atoms with E-state index in [-0.39, 0.29) is 5.97 Å². The first-order valence-corrected chi connectivity index (χ1v) is 6.36. The van der Waals surface area contributed by atoms with Crippen molar-refractivity contribution >= 4 is 21.9 Å². The lowest BCUT2D eigenvalue weighted by Gasteiger charge is -2.10.